The van der Waals surface area contributed by atoms with Crippen LogP contribution in [-0.4, -0.2) is 22.8 Å². The van der Waals surface area contributed by atoms with E-state index in [0.29, 0.717) is 5.56 Å². The molecule has 0 bridgehead atoms. The van der Waals surface area contributed by atoms with Crippen LogP contribution in [0.3, 0.4) is 0 Å². The van der Waals surface area contributed by atoms with Crippen LogP contribution < -0.4 is 0 Å². The van der Waals surface area contributed by atoms with Gasteiger partial charge in [-0.15, -0.1) is 12.6 Å². The molecule has 0 atom stereocenters. The number of non-ortho nitro benzene ring substituents is 1. The SMILES string of the molecule is O=C(S)COC(=O)OCc1ccc([N+](=O)[O-])cc1. The minimum atomic E-state index is -1.00. The lowest BCUT2D eigenvalue weighted by Crippen LogP contribution is -2.11. The van der Waals surface area contributed by atoms with Gasteiger partial charge in [-0.1, -0.05) is 0 Å². The summed E-state index contributed by atoms with van der Waals surface area (Å²) in [5.41, 5.74) is 0.511. The van der Waals surface area contributed by atoms with Gasteiger partial charge in [-0.3, -0.25) is 14.9 Å². The van der Waals surface area contributed by atoms with Crippen LogP contribution in [0.2, 0.25) is 0 Å². The molecule has 96 valence electrons. The first kappa shape index (κ1) is 14.0. The van der Waals surface area contributed by atoms with E-state index in [0.717, 1.165) is 0 Å². The quantitative estimate of drug-likeness (QED) is 0.379. The van der Waals surface area contributed by atoms with Crippen LogP contribution in [0.4, 0.5) is 10.5 Å². The van der Waals surface area contributed by atoms with Crippen LogP contribution in [0, 0.1) is 10.1 Å². The maximum absolute atomic E-state index is 11.0. The van der Waals surface area contributed by atoms with Crippen LogP contribution in [0.25, 0.3) is 0 Å². The average Bonchev–Trinajstić information content (AvgIpc) is 2.34. The lowest BCUT2D eigenvalue weighted by molar-refractivity contribution is -0.384. The molecule has 7 nitrogen and oxygen atoms in total. The number of rotatable bonds is 5. The highest BCUT2D eigenvalue weighted by atomic mass is 32.1. The summed E-state index contributed by atoms with van der Waals surface area (Å²) in [7, 11) is 0. The number of hydrogen-bond donors (Lipinski definition) is 1. The monoisotopic (exact) mass is 271 g/mol. The first-order valence-electron chi connectivity index (χ1n) is 4.73. The highest BCUT2D eigenvalue weighted by molar-refractivity contribution is 7.96. The fourth-order valence-corrected chi connectivity index (χ4v) is 1.08. The lowest BCUT2D eigenvalue weighted by atomic mass is 10.2. The summed E-state index contributed by atoms with van der Waals surface area (Å²) >= 11 is 3.41. The minimum absolute atomic E-state index is 0.0537. The van der Waals surface area contributed by atoms with Gasteiger partial charge in [-0.25, -0.2) is 4.79 Å². The van der Waals surface area contributed by atoms with E-state index < -0.39 is 22.8 Å². The fraction of sp³-hybridized carbons (Fsp3) is 0.200. The van der Waals surface area contributed by atoms with Gasteiger partial charge in [0.25, 0.3) is 5.69 Å². The molecule has 0 unspecified atom stereocenters. The van der Waals surface area contributed by atoms with E-state index in [1.165, 1.54) is 24.3 Å². The van der Waals surface area contributed by atoms with Gasteiger partial charge in [-0.2, -0.15) is 0 Å². The molecule has 0 saturated heterocycles. The topological polar surface area (TPSA) is 95.7 Å². The Bertz CT molecular complexity index is 458. The molecule has 0 fully saturated rings. The highest BCUT2D eigenvalue weighted by Gasteiger charge is 2.08. The van der Waals surface area contributed by atoms with E-state index in [1.807, 2.05) is 0 Å². The van der Waals surface area contributed by atoms with Gasteiger partial charge in [0, 0.05) is 12.1 Å². The molecule has 1 aromatic carbocycles. The molecule has 0 heterocycles. The summed E-state index contributed by atoms with van der Waals surface area (Å²) in [6.07, 6.45) is -1.00. The fourth-order valence-electron chi connectivity index (χ4n) is 1.02. The van der Waals surface area contributed by atoms with Crippen LogP contribution >= 0.6 is 12.6 Å². The molecule has 1 aromatic rings. The number of nitrogens with zero attached hydrogens (tertiary/aromatic N) is 1. The van der Waals surface area contributed by atoms with Gasteiger partial charge in [0.15, 0.2) is 6.61 Å². The predicted octanol–water partition coefficient (Wildman–Crippen LogP) is 1.70. The molecule has 0 aromatic heterocycles. The molecule has 0 spiro atoms. The van der Waals surface area contributed by atoms with Crippen molar-refractivity contribution in [3.63, 3.8) is 0 Å². The maximum Gasteiger partial charge on any atom is 0.509 e. The van der Waals surface area contributed by atoms with Crippen molar-refractivity contribution in [3.05, 3.63) is 39.9 Å². The average molecular weight is 271 g/mol. The molecule has 1 rings (SSSR count). The van der Waals surface area contributed by atoms with Gasteiger partial charge < -0.3 is 9.47 Å². The molecule has 0 aliphatic carbocycles. The number of thiol groups is 1. The van der Waals surface area contributed by atoms with E-state index >= 15 is 0 Å². The van der Waals surface area contributed by atoms with Gasteiger partial charge in [-0.05, 0) is 17.7 Å². The molecule has 0 radical (unpaired) electrons. The second-order valence-corrected chi connectivity index (χ2v) is 3.64. The third-order valence-corrected chi connectivity index (χ3v) is 1.95. The Balaban J connectivity index is 2.41. The zero-order valence-corrected chi connectivity index (χ0v) is 9.96. The van der Waals surface area contributed by atoms with E-state index in [1.54, 1.807) is 0 Å². The highest BCUT2D eigenvalue weighted by Crippen LogP contribution is 2.12. The zero-order valence-electron chi connectivity index (χ0n) is 9.07. The minimum Gasteiger partial charge on any atom is -0.429 e. The van der Waals surface area contributed by atoms with Gasteiger partial charge in [0.1, 0.15) is 6.61 Å². The Labute approximate surface area is 107 Å². The first-order chi connectivity index (χ1) is 8.49. The van der Waals surface area contributed by atoms with Crippen molar-refractivity contribution in [1.29, 1.82) is 0 Å². The van der Waals surface area contributed by atoms with E-state index in [-0.39, 0.29) is 12.3 Å². The zero-order chi connectivity index (χ0) is 13.5. The van der Waals surface area contributed by atoms with E-state index in [2.05, 4.69) is 22.1 Å². The number of nitro groups is 1. The largest absolute Gasteiger partial charge is 0.509 e. The second kappa shape index (κ2) is 6.60. The van der Waals surface area contributed by atoms with Crippen LogP contribution in [0.5, 0.6) is 0 Å². The third kappa shape index (κ3) is 4.83. The van der Waals surface area contributed by atoms with Crippen LogP contribution in [0.15, 0.2) is 24.3 Å². The van der Waals surface area contributed by atoms with Crippen molar-refractivity contribution in [1.82, 2.24) is 0 Å². The molecule has 18 heavy (non-hydrogen) atoms. The Morgan fingerprint density at radius 1 is 1.22 bits per heavy atom. The second-order valence-electron chi connectivity index (χ2n) is 3.14. The summed E-state index contributed by atoms with van der Waals surface area (Å²) in [5.74, 6) is 0. The number of carbonyl (C=O) groups excluding carboxylic acids is 2. The summed E-state index contributed by atoms with van der Waals surface area (Å²) in [5, 5.41) is 9.79. The molecule has 0 amide bonds. The van der Waals surface area contributed by atoms with Crippen molar-refractivity contribution in [2.24, 2.45) is 0 Å². The van der Waals surface area contributed by atoms with Gasteiger partial charge >= 0.3 is 6.16 Å². The van der Waals surface area contributed by atoms with E-state index in [9.17, 15) is 19.7 Å². The molecule has 0 aliphatic rings. The molecular formula is C10H9NO6S. The Hall–Kier alpha value is -2.09. The third-order valence-electron chi connectivity index (χ3n) is 1.82. The van der Waals surface area contributed by atoms with Crippen molar-refractivity contribution < 1.29 is 24.0 Å². The van der Waals surface area contributed by atoms with Crippen LogP contribution in [0.1, 0.15) is 5.56 Å². The smallest absolute Gasteiger partial charge is 0.429 e. The number of nitro benzene ring substituents is 1. The predicted molar refractivity (Wildman–Crippen MR) is 63.2 cm³/mol. The number of carbonyl (C=O) groups is 2. The number of ether oxygens (including phenoxy) is 2. The van der Waals surface area contributed by atoms with Crippen molar-refractivity contribution in [3.8, 4) is 0 Å². The molecule has 0 saturated carbocycles. The standard InChI is InChI=1S/C10H9NO6S/c12-9(18)6-17-10(13)16-5-7-1-3-8(4-2-7)11(14)15/h1-4H,5-6H2,(H,12,18). The number of benzene rings is 1. The summed E-state index contributed by atoms with van der Waals surface area (Å²) in [6, 6.07) is 5.49. The molecular weight excluding hydrogens is 262 g/mol. The summed E-state index contributed by atoms with van der Waals surface area (Å²) < 4.78 is 9.05. The first-order valence-corrected chi connectivity index (χ1v) is 5.18. The van der Waals surface area contributed by atoms with Crippen molar-refractivity contribution in [2.45, 2.75) is 6.61 Å². The summed E-state index contributed by atoms with van der Waals surface area (Å²) in [4.78, 5) is 31.2. The Morgan fingerprint density at radius 2 is 1.83 bits per heavy atom. The van der Waals surface area contributed by atoms with Crippen LogP contribution in [-0.2, 0) is 20.9 Å². The Morgan fingerprint density at radius 3 is 2.33 bits per heavy atom. The molecule has 8 heteroatoms. The molecule has 0 N–H and O–H groups in total. The van der Waals surface area contributed by atoms with Gasteiger partial charge in [0.2, 0.25) is 5.12 Å². The van der Waals surface area contributed by atoms with Crippen molar-refractivity contribution >= 4 is 29.6 Å². The molecule has 0 aliphatic heterocycles. The van der Waals surface area contributed by atoms with Crippen molar-refractivity contribution in [2.75, 3.05) is 6.61 Å². The maximum atomic E-state index is 11.0. The summed E-state index contributed by atoms with van der Waals surface area (Å²) in [6.45, 7) is -0.570. The number of hydrogen-bond acceptors (Lipinski definition) is 6. The normalized spacial score (nSPS) is 9.61. The lowest BCUT2D eigenvalue weighted by Gasteiger charge is -2.04. The Kier molecular flexibility index (Phi) is 5.12. The van der Waals surface area contributed by atoms with E-state index in [4.69, 9.17) is 0 Å². The van der Waals surface area contributed by atoms with Gasteiger partial charge in [0.05, 0.1) is 4.92 Å².